The van der Waals surface area contributed by atoms with Crippen LogP contribution >= 0.6 is 0 Å². The van der Waals surface area contributed by atoms with Gasteiger partial charge in [-0.1, -0.05) is 18.6 Å². The van der Waals surface area contributed by atoms with Crippen LogP contribution in [0.1, 0.15) is 65.2 Å². The molecule has 1 aliphatic heterocycles. The number of rotatable bonds is 0. The minimum atomic E-state index is 0.427. The highest BCUT2D eigenvalue weighted by atomic mass is 15.2. The number of hydrogen-bond donors (Lipinski definition) is 1. The molecule has 3 saturated carbocycles. The molecule has 2 N–H and O–H groups in total. The number of hydrogen-bond acceptors (Lipinski definition) is 2. The van der Waals surface area contributed by atoms with Crippen LogP contribution < -0.4 is 5.73 Å². The molecule has 5 aliphatic rings. The summed E-state index contributed by atoms with van der Waals surface area (Å²) < 4.78 is 0. The van der Waals surface area contributed by atoms with Crippen molar-refractivity contribution < 1.29 is 0 Å². The Labute approximate surface area is 148 Å². The Kier molecular flexibility index (Phi) is 3.37. The molecule has 0 unspecified atom stereocenters. The van der Waals surface area contributed by atoms with Crippen molar-refractivity contribution in [2.24, 2.45) is 40.2 Å². The molecule has 5 rings (SSSR count). The third-order valence-electron chi connectivity index (χ3n) is 9.75. The first-order chi connectivity index (χ1) is 11.5. The summed E-state index contributed by atoms with van der Waals surface area (Å²) in [7, 11) is 2.38. The minimum Gasteiger partial charge on any atom is -0.327 e. The number of fused-ring (bicyclic) bond motifs is 4. The van der Waals surface area contributed by atoms with Gasteiger partial charge in [-0.05, 0) is 99.8 Å². The molecule has 0 bridgehead atoms. The van der Waals surface area contributed by atoms with Crippen molar-refractivity contribution >= 4 is 0 Å². The predicted octanol–water partition coefficient (Wildman–Crippen LogP) is 4.21. The van der Waals surface area contributed by atoms with Crippen molar-refractivity contribution in [1.82, 2.24) is 4.90 Å². The summed E-state index contributed by atoms with van der Waals surface area (Å²) >= 11 is 0. The minimum absolute atomic E-state index is 0.427. The topological polar surface area (TPSA) is 29.3 Å². The van der Waals surface area contributed by atoms with E-state index in [0.717, 1.165) is 29.7 Å². The Bertz CT molecular complexity index is 568. The highest BCUT2D eigenvalue weighted by molar-refractivity contribution is 5.26. The maximum atomic E-state index is 6.31. The Morgan fingerprint density at radius 2 is 1.88 bits per heavy atom. The van der Waals surface area contributed by atoms with Gasteiger partial charge in [-0.25, -0.2) is 0 Å². The van der Waals surface area contributed by atoms with Gasteiger partial charge in [-0.2, -0.15) is 0 Å². The van der Waals surface area contributed by atoms with E-state index in [4.69, 9.17) is 5.73 Å². The van der Waals surface area contributed by atoms with E-state index in [0.29, 0.717) is 16.9 Å². The predicted molar refractivity (Wildman–Crippen MR) is 99.6 cm³/mol. The zero-order chi connectivity index (χ0) is 16.7. The Hall–Kier alpha value is -0.340. The van der Waals surface area contributed by atoms with E-state index in [2.05, 4.69) is 31.9 Å². The molecule has 0 aromatic rings. The van der Waals surface area contributed by atoms with Gasteiger partial charge in [-0.15, -0.1) is 0 Å². The summed E-state index contributed by atoms with van der Waals surface area (Å²) in [5.74, 6) is 3.89. The van der Waals surface area contributed by atoms with Crippen LogP contribution in [0, 0.1) is 34.5 Å². The summed E-state index contributed by atoms with van der Waals surface area (Å²) in [6.07, 6.45) is 13.8. The zero-order valence-corrected chi connectivity index (χ0v) is 15.9. The number of nitrogens with zero attached hydrogens (tertiary/aromatic N) is 1. The second kappa shape index (κ2) is 5.10. The lowest BCUT2D eigenvalue weighted by atomic mass is 9.47. The largest absolute Gasteiger partial charge is 0.327 e. The van der Waals surface area contributed by atoms with Crippen LogP contribution in [0.15, 0.2) is 11.6 Å². The smallest absolute Gasteiger partial charge is 0.00982 e. The molecule has 8 atom stereocenters. The molecular formula is C22H36N2. The van der Waals surface area contributed by atoms with Crippen molar-refractivity contribution in [3.8, 4) is 0 Å². The summed E-state index contributed by atoms with van der Waals surface area (Å²) in [5.41, 5.74) is 9.20. The highest BCUT2D eigenvalue weighted by Gasteiger charge is 2.63. The van der Waals surface area contributed by atoms with E-state index in [-0.39, 0.29) is 0 Å². The summed E-state index contributed by atoms with van der Waals surface area (Å²) in [6.45, 7) is 6.48. The lowest BCUT2D eigenvalue weighted by Crippen LogP contribution is -2.52. The Balaban J connectivity index is 1.49. The molecule has 2 nitrogen and oxygen atoms in total. The number of nitrogens with two attached hydrogens (primary N) is 1. The van der Waals surface area contributed by atoms with E-state index in [9.17, 15) is 0 Å². The van der Waals surface area contributed by atoms with Gasteiger partial charge in [0, 0.05) is 18.6 Å². The van der Waals surface area contributed by atoms with Gasteiger partial charge in [0.05, 0.1) is 0 Å². The zero-order valence-electron chi connectivity index (χ0n) is 15.9. The van der Waals surface area contributed by atoms with Crippen LogP contribution in [0.2, 0.25) is 0 Å². The SMILES string of the molecule is C[C@H]1[C@H]2CC[C@H]3[C@@H]4CC=C5C[C@H](N)CC[C@]5(C)[C@H]4CC[C@]23CN1C. The van der Waals surface area contributed by atoms with Crippen LogP contribution in [0.5, 0.6) is 0 Å². The standard InChI is InChI=1S/C22H36N2/c1-14-18-6-7-20-17-5-4-15-12-16(23)8-10-21(15,2)19(17)9-11-22(18,20)13-24(14)3/h4,14,16-20H,5-13,23H2,1-3H3/t14-,16+,17+,18+,19-,20-,21-,22-/m0/s1. The first kappa shape index (κ1) is 15.9. The summed E-state index contributed by atoms with van der Waals surface area (Å²) in [6, 6.07) is 1.24. The lowest BCUT2D eigenvalue weighted by Gasteiger charge is -2.58. The summed E-state index contributed by atoms with van der Waals surface area (Å²) in [5, 5.41) is 0. The fourth-order valence-corrected chi connectivity index (χ4v) is 8.49. The normalized spacial score (nSPS) is 56.9. The van der Waals surface area contributed by atoms with Crippen molar-refractivity contribution in [3.05, 3.63) is 11.6 Å². The van der Waals surface area contributed by atoms with Crippen molar-refractivity contribution in [3.63, 3.8) is 0 Å². The van der Waals surface area contributed by atoms with E-state index >= 15 is 0 Å². The van der Waals surface area contributed by atoms with Crippen LogP contribution in [0.25, 0.3) is 0 Å². The lowest BCUT2D eigenvalue weighted by molar-refractivity contribution is -0.0397. The van der Waals surface area contributed by atoms with Crippen LogP contribution in [-0.2, 0) is 0 Å². The van der Waals surface area contributed by atoms with Gasteiger partial charge in [0.2, 0.25) is 0 Å². The first-order valence-corrected chi connectivity index (χ1v) is 10.6. The van der Waals surface area contributed by atoms with Crippen molar-refractivity contribution in [1.29, 1.82) is 0 Å². The Morgan fingerprint density at radius 3 is 2.71 bits per heavy atom. The molecule has 2 heteroatoms. The van der Waals surface area contributed by atoms with Crippen LogP contribution in [0.4, 0.5) is 0 Å². The molecule has 4 aliphatic carbocycles. The molecule has 1 heterocycles. The highest BCUT2D eigenvalue weighted by Crippen LogP contribution is 2.68. The fraction of sp³-hybridized carbons (Fsp3) is 0.909. The molecule has 0 radical (unpaired) electrons. The van der Waals surface area contributed by atoms with Crippen LogP contribution in [-0.4, -0.2) is 30.6 Å². The van der Waals surface area contributed by atoms with E-state index < -0.39 is 0 Å². The molecular weight excluding hydrogens is 292 g/mol. The van der Waals surface area contributed by atoms with Gasteiger partial charge in [0.25, 0.3) is 0 Å². The molecule has 0 amide bonds. The molecule has 0 aromatic heterocycles. The number of allylic oxidation sites excluding steroid dienone is 1. The Morgan fingerprint density at radius 1 is 1.08 bits per heavy atom. The molecule has 1 saturated heterocycles. The molecule has 1 spiro atoms. The average Bonchev–Trinajstić information content (AvgIpc) is 3.03. The first-order valence-electron chi connectivity index (χ1n) is 10.6. The quantitative estimate of drug-likeness (QED) is 0.675. The average molecular weight is 329 g/mol. The molecule has 0 aromatic carbocycles. The van der Waals surface area contributed by atoms with Gasteiger partial charge in [-0.3, -0.25) is 0 Å². The van der Waals surface area contributed by atoms with Crippen LogP contribution in [0.3, 0.4) is 0 Å². The second-order valence-corrected chi connectivity index (χ2v) is 10.4. The molecule has 4 fully saturated rings. The van der Waals surface area contributed by atoms with Gasteiger partial charge in [0.1, 0.15) is 0 Å². The second-order valence-electron chi connectivity index (χ2n) is 10.4. The fourth-order valence-electron chi connectivity index (χ4n) is 8.49. The number of likely N-dealkylation sites (tertiary alicyclic amines) is 1. The molecule has 24 heavy (non-hydrogen) atoms. The van der Waals surface area contributed by atoms with Crippen molar-refractivity contribution in [2.75, 3.05) is 13.6 Å². The van der Waals surface area contributed by atoms with Crippen molar-refractivity contribution in [2.45, 2.75) is 77.3 Å². The van der Waals surface area contributed by atoms with E-state index in [1.165, 1.54) is 57.9 Å². The van der Waals surface area contributed by atoms with Gasteiger partial charge < -0.3 is 10.6 Å². The third-order valence-corrected chi connectivity index (χ3v) is 9.75. The van der Waals surface area contributed by atoms with Gasteiger partial charge in [0.15, 0.2) is 0 Å². The third kappa shape index (κ3) is 1.85. The van der Waals surface area contributed by atoms with Gasteiger partial charge >= 0.3 is 0 Å². The van der Waals surface area contributed by atoms with E-state index in [1.807, 2.05) is 0 Å². The summed E-state index contributed by atoms with van der Waals surface area (Å²) in [4.78, 5) is 2.68. The van der Waals surface area contributed by atoms with E-state index in [1.54, 1.807) is 5.57 Å². The molecule has 134 valence electrons. The monoisotopic (exact) mass is 328 g/mol. The maximum absolute atomic E-state index is 6.31. The maximum Gasteiger partial charge on any atom is 0.00982 e.